The van der Waals surface area contributed by atoms with Crippen molar-refractivity contribution in [3.63, 3.8) is 0 Å². The minimum atomic E-state index is 0.305. The maximum absolute atomic E-state index is 6.17. The van der Waals surface area contributed by atoms with E-state index in [2.05, 4.69) is 24.4 Å². The lowest BCUT2D eigenvalue weighted by Crippen LogP contribution is -2.47. The molecule has 3 nitrogen and oxygen atoms in total. The number of benzene rings is 1. The zero-order valence-electron chi connectivity index (χ0n) is 11.4. The Bertz CT molecular complexity index is 363. The number of rotatable bonds is 4. The van der Waals surface area contributed by atoms with Crippen LogP contribution in [0, 0.1) is 0 Å². The van der Waals surface area contributed by atoms with E-state index in [0.717, 1.165) is 12.2 Å². The summed E-state index contributed by atoms with van der Waals surface area (Å²) in [5.74, 6) is 0.903. The molecule has 1 saturated carbocycles. The van der Waals surface area contributed by atoms with Gasteiger partial charge in [-0.1, -0.05) is 25.0 Å². The molecule has 0 saturated heterocycles. The van der Waals surface area contributed by atoms with Crippen LogP contribution in [0.25, 0.3) is 0 Å². The molecule has 3 heteroatoms. The van der Waals surface area contributed by atoms with Gasteiger partial charge in [-0.3, -0.25) is 0 Å². The van der Waals surface area contributed by atoms with Crippen LogP contribution in [0.2, 0.25) is 0 Å². The van der Waals surface area contributed by atoms with E-state index < -0.39 is 0 Å². The fraction of sp³-hybridized carbons (Fsp3) is 0.600. The van der Waals surface area contributed by atoms with Crippen molar-refractivity contribution in [3.8, 4) is 5.75 Å². The van der Waals surface area contributed by atoms with E-state index in [1.54, 1.807) is 7.11 Å². The third kappa shape index (κ3) is 3.24. The van der Waals surface area contributed by atoms with Crippen molar-refractivity contribution >= 4 is 0 Å². The lowest BCUT2D eigenvalue weighted by Gasteiger charge is -2.32. The summed E-state index contributed by atoms with van der Waals surface area (Å²) in [7, 11) is 1.69. The standard InChI is InChI=1S/C15H24N2O/c1-11(12-7-9-13(18-2)10-8-12)17-15-6-4-3-5-14(15)16/h7-11,14-15,17H,3-6,16H2,1-2H3/t11-,14+,15-/m1/s1. The van der Waals surface area contributed by atoms with Gasteiger partial charge in [0.15, 0.2) is 0 Å². The predicted octanol–water partition coefficient (Wildman–Crippen LogP) is 2.62. The topological polar surface area (TPSA) is 47.3 Å². The lowest BCUT2D eigenvalue weighted by atomic mass is 9.90. The summed E-state index contributed by atoms with van der Waals surface area (Å²) in [6.07, 6.45) is 4.91. The molecule has 18 heavy (non-hydrogen) atoms. The fourth-order valence-electron chi connectivity index (χ4n) is 2.68. The number of methoxy groups -OCH3 is 1. The highest BCUT2D eigenvalue weighted by atomic mass is 16.5. The maximum Gasteiger partial charge on any atom is 0.118 e. The third-order valence-corrected chi connectivity index (χ3v) is 3.90. The Morgan fingerprint density at radius 2 is 1.89 bits per heavy atom. The highest BCUT2D eigenvalue weighted by molar-refractivity contribution is 5.28. The van der Waals surface area contributed by atoms with Crippen LogP contribution in [0.15, 0.2) is 24.3 Å². The number of hydrogen-bond donors (Lipinski definition) is 2. The van der Waals surface area contributed by atoms with Crippen LogP contribution in [0.5, 0.6) is 5.75 Å². The van der Waals surface area contributed by atoms with Gasteiger partial charge in [0.25, 0.3) is 0 Å². The van der Waals surface area contributed by atoms with Crippen LogP contribution in [0.4, 0.5) is 0 Å². The largest absolute Gasteiger partial charge is 0.497 e. The van der Waals surface area contributed by atoms with E-state index in [1.165, 1.54) is 24.8 Å². The Morgan fingerprint density at radius 3 is 2.50 bits per heavy atom. The monoisotopic (exact) mass is 248 g/mol. The summed E-state index contributed by atoms with van der Waals surface area (Å²) >= 11 is 0. The van der Waals surface area contributed by atoms with Crippen LogP contribution in [-0.2, 0) is 0 Å². The molecule has 1 fully saturated rings. The lowest BCUT2D eigenvalue weighted by molar-refractivity contribution is 0.306. The van der Waals surface area contributed by atoms with E-state index in [-0.39, 0.29) is 0 Å². The first-order valence-electron chi connectivity index (χ1n) is 6.86. The Kier molecular flexibility index (Phi) is 4.61. The van der Waals surface area contributed by atoms with Crippen LogP contribution in [0.1, 0.15) is 44.2 Å². The van der Waals surface area contributed by atoms with Gasteiger partial charge in [-0.25, -0.2) is 0 Å². The van der Waals surface area contributed by atoms with Gasteiger partial charge in [0.2, 0.25) is 0 Å². The van der Waals surface area contributed by atoms with Gasteiger partial charge in [-0.15, -0.1) is 0 Å². The molecule has 3 atom stereocenters. The molecule has 0 radical (unpaired) electrons. The van der Waals surface area contributed by atoms with E-state index in [1.807, 2.05) is 12.1 Å². The number of nitrogens with two attached hydrogens (primary N) is 1. The van der Waals surface area contributed by atoms with Crippen molar-refractivity contribution in [2.45, 2.75) is 50.7 Å². The van der Waals surface area contributed by atoms with Crippen LogP contribution >= 0.6 is 0 Å². The quantitative estimate of drug-likeness (QED) is 0.861. The van der Waals surface area contributed by atoms with E-state index in [9.17, 15) is 0 Å². The maximum atomic E-state index is 6.17. The molecule has 1 aliphatic carbocycles. The fourth-order valence-corrected chi connectivity index (χ4v) is 2.68. The molecule has 1 aromatic rings. The second-order valence-electron chi connectivity index (χ2n) is 5.22. The normalized spacial score (nSPS) is 25.7. The van der Waals surface area contributed by atoms with Crippen LogP contribution < -0.4 is 15.8 Å². The number of ether oxygens (including phenoxy) is 1. The van der Waals surface area contributed by atoms with Gasteiger partial charge < -0.3 is 15.8 Å². The van der Waals surface area contributed by atoms with Crippen molar-refractivity contribution in [3.05, 3.63) is 29.8 Å². The second kappa shape index (κ2) is 6.21. The minimum Gasteiger partial charge on any atom is -0.497 e. The van der Waals surface area contributed by atoms with Crippen molar-refractivity contribution in [2.75, 3.05) is 7.11 Å². The van der Waals surface area contributed by atoms with Gasteiger partial charge in [0.1, 0.15) is 5.75 Å². The molecule has 0 aliphatic heterocycles. The molecular weight excluding hydrogens is 224 g/mol. The average Bonchev–Trinajstić information content (AvgIpc) is 2.41. The zero-order chi connectivity index (χ0) is 13.0. The summed E-state index contributed by atoms with van der Waals surface area (Å²) in [5.41, 5.74) is 7.45. The Labute approximate surface area is 110 Å². The first-order chi connectivity index (χ1) is 8.70. The second-order valence-corrected chi connectivity index (χ2v) is 5.22. The molecule has 0 heterocycles. The number of nitrogens with one attached hydrogen (secondary N) is 1. The Morgan fingerprint density at radius 1 is 1.22 bits per heavy atom. The Balaban J connectivity index is 1.95. The van der Waals surface area contributed by atoms with Crippen molar-refractivity contribution < 1.29 is 4.74 Å². The zero-order valence-corrected chi connectivity index (χ0v) is 11.4. The summed E-state index contributed by atoms with van der Waals surface area (Å²) in [6.45, 7) is 2.20. The molecule has 0 unspecified atom stereocenters. The first-order valence-corrected chi connectivity index (χ1v) is 6.86. The molecule has 0 aromatic heterocycles. The first kappa shape index (κ1) is 13.4. The molecule has 0 bridgehead atoms. The van der Waals surface area contributed by atoms with E-state index in [4.69, 9.17) is 10.5 Å². The minimum absolute atomic E-state index is 0.305. The highest BCUT2D eigenvalue weighted by Gasteiger charge is 2.23. The molecule has 100 valence electrons. The molecule has 0 amide bonds. The molecule has 3 N–H and O–H groups in total. The summed E-state index contributed by atoms with van der Waals surface area (Å²) in [6, 6.07) is 9.35. The smallest absolute Gasteiger partial charge is 0.118 e. The van der Waals surface area contributed by atoms with Crippen molar-refractivity contribution in [1.29, 1.82) is 0 Å². The average molecular weight is 248 g/mol. The summed E-state index contributed by atoms with van der Waals surface area (Å²) in [4.78, 5) is 0. The van der Waals surface area contributed by atoms with Gasteiger partial charge in [-0.2, -0.15) is 0 Å². The predicted molar refractivity (Wildman–Crippen MR) is 74.8 cm³/mol. The molecular formula is C15H24N2O. The van der Waals surface area contributed by atoms with Crippen molar-refractivity contribution in [2.24, 2.45) is 5.73 Å². The van der Waals surface area contributed by atoms with E-state index in [0.29, 0.717) is 18.1 Å². The molecule has 2 rings (SSSR count). The van der Waals surface area contributed by atoms with E-state index >= 15 is 0 Å². The molecule has 1 aliphatic rings. The number of hydrogen-bond acceptors (Lipinski definition) is 3. The highest BCUT2D eigenvalue weighted by Crippen LogP contribution is 2.22. The van der Waals surface area contributed by atoms with Gasteiger partial charge in [0, 0.05) is 18.1 Å². The van der Waals surface area contributed by atoms with Crippen molar-refractivity contribution in [1.82, 2.24) is 5.32 Å². The van der Waals surface area contributed by atoms with Gasteiger partial charge in [-0.05, 0) is 37.5 Å². The molecule has 1 aromatic carbocycles. The third-order valence-electron chi connectivity index (χ3n) is 3.90. The Hall–Kier alpha value is -1.06. The van der Waals surface area contributed by atoms with Crippen LogP contribution in [-0.4, -0.2) is 19.2 Å². The van der Waals surface area contributed by atoms with Crippen LogP contribution in [0.3, 0.4) is 0 Å². The van der Waals surface area contributed by atoms with Gasteiger partial charge in [0.05, 0.1) is 7.11 Å². The summed E-state index contributed by atoms with van der Waals surface area (Å²) in [5, 5.41) is 3.66. The summed E-state index contributed by atoms with van der Waals surface area (Å²) < 4.78 is 5.18. The SMILES string of the molecule is COc1ccc([C@@H](C)N[C@@H]2CCCC[C@@H]2N)cc1. The molecule has 0 spiro atoms. The van der Waals surface area contributed by atoms with Gasteiger partial charge >= 0.3 is 0 Å².